The van der Waals surface area contributed by atoms with Crippen molar-refractivity contribution in [1.29, 1.82) is 0 Å². The molecule has 0 spiro atoms. The van der Waals surface area contributed by atoms with Crippen LogP contribution in [0.4, 0.5) is 11.4 Å². The van der Waals surface area contributed by atoms with Crippen molar-refractivity contribution in [2.75, 3.05) is 23.9 Å². The Morgan fingerprint density at radius 3 is 1.32 bits per heavy atom. The number of likely N-dealkylation sites (N-methyl/N-ethyl adjacent to an activating group) is 2. The highest BCUT2D eigenvalue weighted by Crippen LogP contribution is 2.40. The number of carbonyl (C=O) groups excluding carboxylic acids is 4. The highest BCUT2D eigenvalue weighted by Gasteiger charge is 2.45. The van der Waals surface area contributed by atoms with Crippen molar-refractivity contribution in [2.45, 2.75) is 76.3 Å². The van der Waals surface area contributed by atoms with E-state index in [-0.39, 0.29) is 35.5 Å². The lowest BCUT2D eigenvalue weighted by Crippen LogP contribution is -2.57. The van der Waals surface area contributed by atoms with Crippen LogP contribution in [0.3, 0.4) is 0 Å². The van der Waals surface area contributed by atoms with E-state index in [9.17, 15) is 19.2 Å². The lowest BCUT2D eigenvalue weighted by Gasteiger charge is -2.43. The molecule has 40 heavy (non-hydrogen) atoms. The molecule has 1 aliphatic heterocycles. The molecule has 0 saturated heterocycles. The first-order chi connectivity index (χ1) is 19.5. The van der Waals surface area contributed by atoms with Gasteiger partial charge in [-0.25, -0.2) is 0 Å². The monoisotopic (exact) mass is 544 g/mol. The summed E-state index contributed by atoms with van der Waals surface area (Å²) in [5, 5.41) is 5.59. The molecule has 2 unspecified atom stereocenters. The zero-order valence-electron chi connectivity index (χ0n) is 23.5. The molecule has 2 saturated carbocycles. The molecule has 5 rings (SSSR count). The van der Waals surface area contributed by atoms with Crippen molar-refractivity contribution in [3.8, 4) is 0 Å². The molecule has 2 aromatic rings. The number of benzene rings is 2. The van der Waals surface area contributed by atoms with E-state index in [0.717, 1.165) is 64.2 Å². The SMILES string of the molecule is CNC(=O)C(C1CCCCC1)N1C(=O)c2ccccc2N(C(C(=O)NC)C2CCCCC2)C(=O)c2ccccc21. The first-order valence-corrected chi connectivity index (χ1v) is 14.8. The Morgan fingerprint density at radius 2 is 0.975 bits per heavy atom. The van der Waals surface area contributed by atoms with Gasteiger partial charge in [-0.05, 0) is 61.8 Å². The normalized spacial score (nSPS) is 20.1. The molecule has 0 radical (unpaired) electrons. The van der Waals surface area contributed by atoms with Crippen molar-refractivity contribution in [3.05, 3.63) is 59.7 Å². The number of fused-ring (bicyclic) bond motifs is 2. The van der Waals surface area contributed by atoms with Crippen molar-refractivity contribution in [1.82, 2.24) is 10.6 Å². The summed E-state index contributed by atoms with van der Waals surface area (Å²) >= 11 is 0. The summed E-state index contributed by atoms with van der Waals surface area (Å²) in [4.78, 5) is 59.5. The van der Waals surface area contributed by atoms with E-state index in [4.69, 9.17) is 0 Å². The van der Waals surface area contributed by atoms with Gasteiger partial charge in [0.15, 0.2) is 0 Å². The number of nitrogens with zero attached hydrogens (tertiary/aromatic N) is 2. The summed E-state index contributed by atoms with van der Waals surface area (Å²) in [5.74, 6) is -1.18. The Balaban J connectivity index is 1.72. The van der Waals surface area contributed by atoms with Crippen LogP contribution < -0.4 is 20.4 Å². The lowest BCUT2D eigenvalue weighted by atomic mass is 9.81. The Kier molecular flexibility index (Phi) is 8.52. The van der Waals surface area contributed by atoms with E-state index in [0.29, 0.717) is 22.5 Å². The Bertz CT molecular complexity index is 1170. The van der Waals surface area contributed by atoms with Crippen molar-refractivity contribution < 1.29 is 19.2 Å². The van der Waals surface area contributed by atoms with Gasteiger partial charge in [0.1, 0.15) is 12.1 Å². The smallest absolute Gasteiger partial charge is 0.261 e. The summed E-state index contributed by atoms with van der Waals surface area (Å²) in [6.07, 6.45) is 9.58. The minimum absolute atomic E-state index is 0.0237. The minimum atomic E-state index is -0.751. The molecule has 8 heteroatoms. The Morgan fingerprint density at radius 1 is 0.625 bits per heavy atom. The number of hydrogen-bond donors (Lipinski definition) is 2. The lowest BCUT2D eigenvalue weighted by molar-refractivity contribution is -0.124. The first-order valence-electron chi connectivity index (χ1n) is 14.8. The highest BCUT2D eigenvalue weighted by atomic mass is 16.2. The van der Waals surface area contributed by atoms with Gasteiger partial charge in [0.25, 0.3) is 11.8 Å². The number of nitrogens with one attached hydrogen (secondary N) is 2. The van der Waals surface area contributed by atoms with Crippen LogP contribution >= 0.6 is 0 Å². The minimum Gasteiger partial charge on any atom is -0.357 e. The molecule has 4 amide bonds. The molecule has 8 nitrogen and oxygen atoms in total. The van der Waals surface area contributed by atoms with Gasteiger partial charge >= 0.3 is 0 Å². The van der Waals surface area contributed by atoms with Gasteiger partial charge in [-0.2, -0.15) is 0 Å². The predicted octanol–water partition coefficient (Wildman–Crippen LogP) is 4.68. The van der Waals surface area contributed by atoms with E-state index in [1.54, 1.807) is 72.4 Å². The number of anilines is 2. The van der Waals surface area contributed by atoms with Crippen LogP contribution in [0.5, 0.6) is 0 Å². The number of rotatable bonds is 6. The molecule has 2 atom stereocenters. The van der Waals surface area contributed by atoms with Gasteiger partial charge < -0.3 is 10.6 Å². The third kappa shape index (κ3) is 5.11. The zero-order chi connectivity index (χ0) is 28.2. The second-order valence-corrected chi connectivity index (χ2v) is 11.3. The molecule has 2 aromatic carbocycles. The molecule has 0 bridgehead atoms. The average molecular weight is 545 g/mol. The van der Waals surface area contributed by atoms with Gasteiger partial charge in [0.05, 0.1) is 22.5 Å². The second-order valence-electron chi connectivity index (χ2n) is 11.3. The van der Waals surface area contributed by atoms with Crippen LogP contribution in [0, 0.1) is 11.8 Å². The number of para-hydroxylation sites is 2. The Labute approximate surface area is 236 Å². The third-order valence-electron chi connectivity index (χ3n) is 9.00. The summed E-state index contributed by atoms with van der Waals surface area (Å²) in [6.45, 7) is 0. The molecule has 2 fully saturated rings. The van der Waals surface area contributed by atoms with Crippen LogP contribution in [0.2, 0.25) is 0 Å². The molecular formula is C32H40N4O4. The predicted molar refractivity (Wildman–Crippen MR) is 155 cm³/mol. The average Bonchev–Trinajstić information content (AvgIpc) is 3.01. The fourth-order valence-electron chi connectivity index (χ4n) is 7.04. The maximum absolute atomic E-state index is 14.7. The second kappa shape index (κ2) is 12.2. The van der Waals surface area contributed by atoms with E-state index in [2.05, 4.69) is 10.6 Å². The molecule has 212 valence electrons. The number of hydrogen-bond acceptors (Lipinski definition) is 4. The van der Waals surface area contributed by atoms with Crippen molar-refractivity contribution in [2.24, 2.45) is 11.8 Å². The molecule has 3 aliphatic rings. The Hall–Kier alpha value is -3.68. The van der Waals surface area contributed by atoms with Crippen molar-refractivity contribution >= 4 is 35.0 Å². The number of amides is 4. The maximum Gasteiger partial charge on any atom is 0.261 e. The van der Waals surface area contributed by atoms with Gasteiger partial charge in [0, 0.05) is 14.1 Å². The van der Waals surface area contributed by atoms with E-state index in [1.807, 2.05) is 0 Å². The van der Waals surface area contributed by atoms with Gasteiger partial charge in [-0.15, -0.1) is 0 Å². The fraction of sp³-hybridized carbons (Fsp3) is 0.500. The number of carbonyl (C=O) groups is 4. The summed E-state index contributed by atoms with van der Waals surface area (Å²) in [7, 11) is 3.19. The largest absolute Gasteiger partial charge is 0.357 e. The van der Waals surface area contributed by atoms with E-state index >= 15 is 0 Å². The van der Waals surface area contributed by atoms with Crippen LogP contribution in [0.25, 0.3) is 0 Å². The molecule has 2 aliphatic carbocycles. The maximum atomic E-state index is 14.7. The third-order valence-corrected chi connectivity index (χ3v) is 9.00. The standard InChI is InChI=1S/C32H40N4O4/c1-33-29(37)27(21-13-5-3-6-14-21)35-25-19-11-9-17-23(25)32(40)36(26-20-12-10-18-24(26)31(35)39)28(30(38)34-2)22-15-7-4-8-16-22/h9-12,17-22,27-28H,3-8,13-16H2,1-2H3,(H,33,37)(H,34,38). The molecule has 0 aromatic heterocycles. The quantitative estimate of drug-likeness (QED) is 0.552. The van der Waals surface area contributed by atoms with Crippen LogP contribution in [-0.4, -0.2) is 49.8 Å². The van der Waals surface area contributed by atoms with Crippen LogP contribution in [0.1, 0.15) is 84.9 Å². The topological polar surface area (TPSA) is 98.8 Å². The van der Waals surface area contributed by atoms with Crippen LogP contribution in [0.15, 0.2) is 48.5 Å². The summed E-state index contributed by atoms with van der Waals surface area (Å²) < 4.78 is 0. The molecular weight excluding hydrogens is 504 g/mol. The fourth-order valence-corrected chi connectivity index (χ4v) is 7.04. The zero-order valence-corrected chi connectivity index (χ0v) is 23.5. The van der Waals surface area contributed by atoms with Gasteiger partial charge in [-0.3, -0.25) is 29.0 Å². The van der Waals surface area contributed by atoms with Crippen LogP contribution in [-0.2, 0) is 9.59 Å². The van der Waals surface area contributed by atoms with E-state index < -0.39 is 12.1 Å². The van der Waals surface area contributed by atoms with Gasteiger partial charge in [0.2, 0.25) is 11.8 Å². The summed E-state index contributed by atoms with van der Waals surface area (Å²) in [6, 6.07) is 12.6. The highest BCUT2D eigenvalue weighted by molar-refractivity contribution is 6.22. The van der Waals surface area contributed by atoms with Gasteiger partial charge in [-0.1, -0.05) is 62.8 Å². The van der Waals surface area contributed by atoms with E-state index in [1.165, 1.54) is 0 Å². The molecule has 1 heterocycles. The summed E-state index contributed by atoms with van der Waals surface area (Å²) in [5.41, 5.74) is 1.46. The first kappa shape index (κ1) is 27.9. The van der Waals surface area contributed by atoms with Crippen molar-refractivity contribution in [3.63, 3.8) is 0 Å². The molecule has 2 N–H and O–H groups in total.